The van der Waals surface area contributed by atoms with Gasteiger partial charge >= 0.3 is 18.4 Å². The highest BCUT2D eigenvalue weighted by atomic mass is 35.5. The maximum absolute atomic E-state index is 15.0. The molecule has 0 aliphatic heterocycles. The zero-order valence-electron chi connectivity index (χ0n) is 19.1. The number of allylic oxidation sites excluding steroid dienone is 1. The second-order valence-electron chi connectivity index (χ2n) is 7.88. The Kier molecular flexibility index (Phi) is 10.1. The van der Waals surface area contributed by atoms with Gasteiger partial charge in [0.15, 0.2) is 0 Å². The van der Waals surface area contributed by atoms with E-state index in [1.807, 2.05) is 0 Å². The third-order valence-electron chi connectivity index (χ3n) is 4.81. The Labute approximate surface area is 229 Å². The molecule has 0 radical (unpaired) electrons. The highest BCUT2D eigenvalue weighted by Crippen LogP contribution is 2.42. The van der Waals surface area contributed by atoms with Crippen molar-refractivity contribution in [3.05, 3.63) is 73.7 Å². The zero-order valence-corrected chi connectivity index (χ0v) is 21.4. The first-order chi connectivity index (χ1) is 17.7. The van der Waals surface area contributed by atoms with Crippen molar-refractivity contribution in [1.29, 1.82) is 0 Å². The molecule has 0 aliphatic rings. The Bertz CT molecular complexity index is 1250. The maximum atomic E-state index is 15.0. The molecule has 0 aromatic heterocycles. The first-order valence-corrected chi connectivity index (χ1v) is 11.4. The average Bonchev–Trinajstić information content (AvgIpc) is 2.80. The fourth-order valence-corrected chi connectivity index (χ4v) is 3.68. The van der Waals surface area contributed by atoms with Crippen molar-refractivity contribution < 1.29 is 49.1 Å². The fourth-order valence-electron chi connectivity index (χ4n) is 3.06. The van der Waals surface area contributed by atoms with Gasteiger partial charge in [0, 0.05) is 12.5 Å². The summed E-state index contributed by atoms with van der Waals surface area (Å²) < 4.78 is 121. The zero-order chi connectivity index (χ0) is 29.9. The summed E-state index contributed by atoms with van der Waals surface area (Å²) in [5.41, 5.74) is -1.16. The molecule has 17 heteroatoms. The van der Waals surface area contributed by atoms with E-state index < -0.39 is 65.2 Å². The van der Waals surface area contributed by atoms with Crippen LogP contribution < -0.4 is 16.2 Å². The van der Waals surface area contributed by atoms with Gasteiger partial charge in [0.2, 0.25) is 0 Å². The molecule has 0 heterocycles. The fraction of sp³-hybridized carbons (Fsp3) is 0.273. The monoisotopic (exact) mass is 629 g/mol. The number of halogens is 12. The van der Waals surface area contributed by atoms with Crippen LogP contribution in [-0.2, 0) is 6.18 Å². The first kappa shape index (κ1) is 32.4. The summed E-state index contributed by atoms with van der Waals surface area (Å²) in [5, 5.41) is 0.655. The van der Waals surface area contributed by atoms with Crippen molar-refractivity contribution in [3.8, 4) is 0 Å². The van der Waals surface area contributed by atoms with Gasteiger partial charge < -0.3 is 5.32 Å². The molecule has 0 saturated heterocycles. The van der Waals surface area contributed by atoms with Crippen LogP contribution in [0.5, 0.6) is 0 Å². The lowest BCUT2D eigenvalue weighted by atomic mass is 9.91. The van der Waals surface area contributed by atoms with Crippen LogP contribution in [0.4, 0.5) is 44.3 Å². The van der Waals surface area contributed by atoms with Gasteiger partial charge in [-0.1, -0.05) is 40.9 Å². The van der Waals surface area contributed by atoms with Crippen LogP contribution in [-0.4, -0.2) is 30.6 Å². The molecule has 0 bridgehead atoms. The lowest BCUT2D eigenvalue weighted by Crippen LogP contribution is -2.49. The van der Waals surface area contributed by atoms with Crippen molar-refractivity contribution in [3.63, 3.8) is 0 Å². The van der Waals surface area contributed by atoms with E-state index >= 15 is 4.39 Å². The molecule has 39 heavy (non-hydrogen) atoms. The molecule has 1 atom stereocenters. The molecule has 0 saturated carbocycles. The molecule has 0 aliphatic carbocycles. The molecule has 0 spiro atoms. The van der Waals surface area contributed by atoms with Crippen molar-refractivity contribution in [2.75, 3.05) is 6.54 Å². The quantitative estimate of drug-likeness (QED) is 0.172. The summed E-state index contributed by atoms with van der Waals surface area (Å²) in [6.07, 6.45) is -9.75. The highest BCUT2D eigenvalue weighted by Gasteiger charge is 2.38. The largest absolute Gasteiger partial charge is 0.417 e. The molecule has 1 unspecified atom stereocenters. The van der Waals surface area contributed by atoms with E-state index in [1.54, 1.807) is 0 Å². The minimum atomic E-state index is -5.28. The number of rotatable bonds is 6. The summed E-state index contributed by atoms with van der Waals surface area (Å²) in [4.78, 5) is 23.5. The minimum Gasteiger partial charge on any atom is -0.328 e. The molecule has 5 nitrogen and oxygen atoms in total. The Morgan fingerprint density at radius 1 is 0.923 bits per heavy atom. The summed E-state index contributed by atoms with van der Waals surface area (Å²) in [6, 6.07) is 1.66. The number of alkyl halides is 8. The Morgan fingerprint density at radius 2 is 1.49 bits per heavy atom. The Hall–Kier alpha value is -2.84. The van der Waals surface area contributed by atoms with Gasteiger partial charge in [-0.25, -0.2) is 23.4 Å². The number of benzene rings is 2. The molecule has 2 aromatic rings. The standard InChI is InChI=1S/C22H15Cl3F9N3O2/c1-20(27,28)12(10-5-14(23)17(25)15(24)6-10)7-16(26)9-2-3-11(13(4-9)22(32,33)34)18(38)36-37-19(39)35-8-21(29,30)31/h2-7,12H,8H2,1H3,(H,36,38)(H2,35,37,39)/b16-7-. The van der Waals surface area contributed by atoms with E-state index in [0.717, 1.165) is 12.1 Å². The SMILES string of the molecule is CC(F)(F)C(/C=C(\F)c1ccc(C(=O)NNC(=O)NCC(F)(F)F)c(C(F)(F)F)c1)c1cc(Cl)c(Cl)c(Cl)c1. The lowest BCUT2D eigenvalue weighted by Gasteiger charge is -2.22. The van der Waals surface area contributed by atoms with E-state index in [9.17, 15) is 44.7 Å². The van der Waals surface area contributed by atoms with Crippen LogP contribution in [0.25, 0.3) is 5.83 Å². The van der Waals surface area contributed by atoms with Crippen LogP contribution in [0.3, 0.4) is 0 Å². The molecule has 214 valence electrons. The van der Waals surface area contributed by atoms with Gasteiger partial charge in [0.1, 0.15) is 12.4 Å². The number of amides is 3. The predicted molar refractivity (Wildman–Crippen MR) is 125 cm³/mol. The van der Waals surface area contributed by atoms with Crippen molar-refractivity contribution >= 4 is 52.6 Å². The number of hydrogen-bond donors (Lipinski definition) is 3. The van der Waals surface area contributed by atoms with Crippen molar-refractivity contribution in [2.24, 2.45) is 0 Å². The molecular weight excluding hydrogens is 616 g/mol. The predicted octanol–water partition coefficient (Wildman–Crippen LogP) is 7.92. The van der Waals surface area contributed by atoms with E-state index in [0.29, 0.717) is 25.1 Å². The smallest absolute Gasteiger partial charge is 0.328 e. The van der Waals surface area contributed by atoms with Gasteiger partial charge in [-0.05, 0) is 35.9 Å². The summed E-state index contributed by atoms with van der Waals surface area (Å²) >= 11 is 17.5. The molecule has 2 rings (SSSR count). The van der Waals surface area contributed by atoms with Gasteiger partial charge in [0.25, 0.3) is 11.8 Å². The molecule has 3 amide bonds. The van der Waals surface area contributed by atoms with Crippen molar-refractivity contribution in [2.45, 2.75) is 31.1 Å². The normalized spacial score (nSPS) is 13.6. The second-order valence-corrected chi connectivity index (χ2v) is 9.07. The molecule has 0 fully saturated rings. The minimum absolute atomic E-state index is 0.150. The van der Waals surface area contributed by atoms with Crippen LogP contribution in [0, 0.1) is 0 Å². The van der Waals surface area contributed by atoms with Crippen LogP contribution in [0.1, 0.15) is 39.9 Å². The van der Waals surface area contributed by atoms with E-state index in [2.05, 4.69) is 0 Å². The number of urea groups is 1. The maximum Gasteiger partial charge on any atom is 0.417 e. The number of nitrogens with one attached hydrogen (secondary N) is 3. The van der Waals surface area contributed by atoms with Gasteiger partial charge in [-0.3, -0.25) is 10.2 Å². The lowest BCUT2D eigenvalue weighted by molar-refractivity contribution is -0.138. The summed E-state index contributed by atoms with van der Waals surface area (Å²) in [7, 11) is 0. The number of carbonyl (C=O) groups is 2. The highest BCUT2D eigenvalue weighted by molar-refractivity contribution is 6.48. The number of carbonyl (C=O) groups excluding carboxylic acids is 2. The van der Waals surface area contributed by atoms with Gasteiger partial charge in [-0.15, -0.1) is 0 Å². The number of hydrazine groups is 1. The number of hydrogen-bond acceptors (Lipinski definition) is 2. The van der Waals surface area contributed by atoms with E-state index in [-0.39, 0.29) is 26.7 Å². The summed E-state index contributed by atoms with van der Waals surface area (Å²) in [5.74, 6) is -8.89. The van der Waals surface area contributed by atoms with Crippen LogP contribution in [0.15, 0.2) is 36.4 Å². The van der Waals surface area contributed by atoms with Gasteiger partial charge in [0.05, 0.1) is 32.1 Å². The van der Waals surface area contributed by atoms with Crippen molar-refractivity contribution in [1.82, 2.24) is 16.2 Å². The molecule has 3 N–H and O–H groups in total. The first-order valence-electron chi connectivity index (χ1n) is 10.2. The topological polar surface area (TPSA) is 70.2 Å². The Morgan fingerprint density at radius 3 is 1.97 bits per heavy atom. The van der Waals surface area contributed by atoms with Gasteiger partial charge in [-0.2, -0.15) is 26.3 Å². The van der Waals surface area contributed by atoms with E-state index in [4.69, 9.17) is 34.8 Å². The third-order valence-corrected chi connectivity index (χ3v) is 6.01. The molecule has 2 aromatic carbocycles. The summed E-state index contributed by atoms with van der Waals surface area (Å²) in [6.45, 7) is -1.38. The van der Waals surface area contributed by atoms with E-state index in [1.165, 1.54) is 16.2 Å². The Balaban J connectivity index is 2.41. The second kappa shape index (κ2) is 12.1. The average molecular weight is 631 g/mol. The molecular formula is C22H15Cl3F9N3O2. The van der Waals surface area contributed by atoms with Crippen LogP contribution >= 0.6 is 34.8 Å². The van der Waals surface area contributed by atoms with Crippen LogP contribution in [0.2, 0.25) is 15.1 Å². The third kappa shape index (κ3) is 9.11.